The normalized spacial score (nSPS) is 13.5. The lowest BCUT2D eigenvalue weighted by molar-refractivity contribution is -0.384. The van der Waals surface area contributed by atoms with E-state index in [0.717, 1.165) is 10.5 Å². The van der Waals surface area contributed by atoms with Crippen molar-refractivity contribution in [3.05, 3.63) is 99.7 Å². The van der Waals surface area contributed by atoms with E-state index in [9.17, 15) is 19.7 Å². The molecule has 0 radical (unpaired) electrons. The number of nitro groups is 1. The first-order chi connectivity index (χ1) is 15.9. The molecule has 0 bridgehead atoms. The average Bonchev–Trinajstić information content (AvgIpc) is 3.05. The molecular formula is C25H21N3O5. The van der Waals surface area contributed by atoms with Crippen molar-refractivity contribution < 1.29 is 19.2 Å². The fourth-order valence-electron chi connectivity index (χ4n) is 3.54. The number of imide groups is 1. The summed E-state index contributed by atoms with van der Waals surface area (Å²) < 4.78 is 5.45. The highest BCUT2D eigenvalue weighted by Crippen LogP contribution is 2.34. The van der Waals surface area contributed by atoms with Crippen LogP contribution in [0.25, 0.3) is 5.57 Å². The number of hydrogen-bond donors (Lipinski definition) is 1. The zero-order valence-corrected chi connectivity index (χ0v) is 18.1. The van der Waals surface area contributed by atoms with Gasteiger partial charge in [0.2, 0.25) is 0 Å². The minimum atomic E-state index is -0.516. The van der Waals surface area contributed by atoms with Gasteiger partial charge < -0.3 is 10.1 Å². The number of anilines is 2. The van der Waals surface area contributed by atoms with Crippen LogP contribution in [0.15, 0.2) is 78.5 Å². The molecule has 3 aromatic carbocycles. The van der Waals surface area contributed by atoms with E-state index in [1.54, 1.807) is 36.4 Å². The highest BCUT2D eigenvalue weighted by molar-refractivity contribution is 6.46. The first-order valence-electron chi connectivity index (χ1n) is 10.3. The summed E-state index contributed by atoms with van der Waals surface area (Å²) in [5, 5.41) is 14.1. The van der Waals surface area contributed by atoms with Gasteiger partial charge in [-0.15, -0.1) is 0 Å². The molecule has 0 unspecified atom stereocenters. The summed E-state index contributed by atoms with van der Waals surface area (Å²) in [5.74, 6) is -0.333. The Hall–Kier alpha value is -4.46. The van der Waals surface area contributed by atoms with Gasteiger partial charge in [-0.25, -0.2) is 4.90 Å². The second-order valence-electron chi connectivity index (χ2n) is 7.42. The van der Waals surface area contributed by atoms with E-state index < -0.39 is 16.7 Å². The summed E-state index contributed by atoms with van der Waals surface area (Å²) in [6, 6.07) is 19.6. The number of hydrogen-bond acceptors (Lipinski definition) is 6. The summed E-state index contributed by atoms with van der Waals surface area (Å²) in [6.07, 6.45) is 0. The zero-order chi connectivity index (χ0) is 23.5. The topological polar surface area (TPSA) is 102 Å². The lowest BCUT2D eigenvalue weighted by atomic mass is 10.0. The van der Waals surface area contributed by atoms with Crippen LogP contribution in [0.5, 0.6) is 5.75 Å². The highest BCUT2D eigenvalue weighted by atomic mass is 16.6. The van der Waals surface area contributed by atoms with E-state index in [1.807, 2.05) is 26.0 Å². The zero-order valence-electron chi connectivity index (χ0n) is 18.1. The number of nitro benzene ring substituents is 1. The molecule has 4 rings (SSSR count). The Morgan fingerprint density at radius 1 is 0.909 bits per heavy atom. The van der Waals surface area contributed by atoms with Crippen LogP contribution in [0.4, 0.5) is 17.1 Å². The first kappa shape index (κ1) is 21.8. The molecule has 0 aliphatic carbocycles. The molecule has 0 saturated heterocycles. The van der Waals surface area contributed by atoms with Gasteiger partial charge in [0.15, 0.2) is 0 Å². The second kappa shape index (κ2) is 8.96. The van der Waals surface area contributed by atoms with Crippen molar-refractivity contribution in [1.82, 2.24) is 0 Å². The number of ether oxygens (including phenoxy) is 1. The minimum Gasteiger partial charge on any atom is -0.494 e. The second-order valence-corrected chi connectivity index (χ2v) is 7.42. The van der Waals surface area contributed by atoms with Crippen LogP contribution < -0.4 is 15.0 Å². The van der Waals surface area contributed by atoms with Crippen molar-refractivity contribution in [2.45, 2.75) is 13.8 Å². The Morgan fingerprint density at radius 3 is 2.12 bits per heavy atom. The number of rotatable bonds is 7. The van der Waals surface area contributed by atoms with Crippen LogP contribution in [0.1, 0.15) is 18.1 Å². The van der Waals surface area contributed by atoms with Gasteiger partial charge in [0, 0.05) is 17.8 Å². The molecule has 8 nitrogen and oxygen atoms in total. The van der Waals surface area contributed by atoms with Crippen molar-refractivity contribution in [1.29, 1.82) is 0 Å². The molecule has 3 aromatic rings. The van der Waals surface area contributed by atoms with Gasteiger partial charge in [0.1, 0.15) is 11.4 Å². The van der Waals surface area contributed by atoms with Crippen LogP contribution in [0.3, 0.4) is 0 Å². The van der Waals surface area contributed by atoms with Gasteiger partial charge in [-0.2, -0.15) is 0 Å². The molecule has 33 heavy (non-hydrogen) atoms. The molecule has 2 amide bonds. The maximum Gasteiger partial charge on any atom is 0.282 e. The van der Waals surface area contributed by atoms with Gasteiger partial charge in [-0.1, -0.05) is 17.7 Å². The van der Waals surface area contributed by atoms with E-state index in [1.165, 1.54) is 24.3 Å². The number of aryl methyl sites for hydroxylation is 1. The average molecular weight is 443 g/mol. The SMILES string of the molecule is CCOc1ccc(NC2=C(c3ccc([N+](=O)[O-])cc3)C(=O)N(c3ccc(C)cc3)C2=O)cc1. The van der Waals surface area contributed by atoms with Crippen molar-refractivity contribution in [2.24, 2.45) is 0 Å². The Morgan fingerprint density at radius 2 is 1.55 bits per heavy atom. The monoisotopic (exact) mass is 443 g/mol. The molecule has 0 spiro atoms. The van der Waals surface area contributed by atoms with Gasteiger partial charge in [-0.05, 0) is 67.9 Å². The summed E-state index contributed by atoms with van der Waals surface area (Å²) in [7, 11) is 0. The third kappa shape index (κ3) is 4.31. The third-order valence-electron chi connectivity index (χ3n) is 5.18. The van der Waals surface area contributed by atoms with Crippen LogP contribution in [-0.4, -0.2) is 23.3 Å². The maximum absolute atomic E-state index is 13.4. The molecule has 0 fully saturated rings. The summed E-state index contributed by atoms with van der Waals surface area (Å²) in [4.78, 5) is 38.4. The number of benzene rings is 3. The van der Waals surface area contributed by atoms with Crippen molar-refractivity contribution in [3.63, 3.8) is 0 Å². The van der Waals surface area contributed by atoms with Crippen LogP contribution in [0, 0.1) is 17.0 Å². The number of carbonyl (C=O) groups is 2. The number of non-ortho nitro benzene ring substituents is 1. The Bertz CT molecular complexity index is 1250. The number of nitrogens with zero attached hydrogens (tertiary/aromatic N) is 2. The predicted octanol–water partition coefficient (Wildman–Crippen LogP) is 4.70. The molecular weight excluding hydrogens is 422 g/mol. The molecule has 1 heterocycles. The van der Waals surface area contributed by atoms with Gasteiger partial charge in [0.05, 0.1) is 22.8 Å². The fraction of sp³-hybridized carbons (Fsp3) is 0.120. The number of amides is 2. The summed E-state index contributed by atoms with van der Waals surface area (Å²) in [6.45, 7) is 4.33. The molecule has 0 atom stereocenters. The Labute approximate surface area is 190 Å². The first-order valence-corrected chi connectivity index (χ1v) is 10.3. The highest BCUT2D eigenvalue weighted by Gasteiger charge is 2.40. The van der Waals surface area contributed by atoms with Gasteiger partial charge in [-0.3, -0.25) is 19.7 Å². The Kier molecular flexibility index (Phi) is 5.91. The van der Waals surface area contributed by atoms with Gasteiger partial charge >= 0.3 is 0 Å². The smallest absolute Gasteiger partial charge is 0.282 e. The van der Waals surface area contributed by atoms with Crippen molar-refractivity contribution in [2.75, 3.05) is 16.8 Å². The molecule has 1 aliphatic rings. The maximum atomic E-state index is 13.4. The minimum absolute atomic E-state index is 0.0959. The van der Waals surface area contributed by atoms with E-state index in [0.29, 0.717) is 29.3 Å². The van der Waals surface area contributed by atoms with Crippen LogP contribution in [-0.2, 0) is 9.59 Å². The van der Waals surface area contributed by atoms with Crippen molar-refractivity contribution in [3.8, 4) is 5.75 Å². The van der Waals surface area contributed by atoms with E-state index >= 15 is 0 Å². The fourth-order valence-corrected chi connectivity index (χ4v) is 3.54. The molecule has 0 saturated carbocycles. The molecule has 166 valence electrons. The standard InChI is InChI=1S/C25H21N3O5/c1-3-33-21-14-8-18(9-15-21)26-23-22(17-6-12-20(13-7-17)28(31)32)24(29)27(25(23)30)19-10-4-16(2)5-11-19/h4-15,26H,3H2,1-2H3. The summed E-state index contributed by atoms with van der Waals surface area (Å²) in [5.41, 5.74) is 2.57. The van der Waals surface area contributed by atoms with Gasteiger partial charge in [0.25, 0.3) is 17.5 Å². The summed E-state index contributed by atoms with van der Waals surface area (Å²) >= 11 is 0. The predicted molar refractivity (Wildman–Crippen MR) is 125 cm³/mol. The number of nitrogens with one attached hydrogen (secondary N) is 1. The Balaban J connectivity index is 1.76. The lowest BCUT2D eigenvalue weighted by Gasteiger charge is -2.15. The largest absolute Gasteiger partial charge is 0.494 e. The van der Waals surface area contributed by atoms with Crippen LogP contribution in [0.2, 0.25) is 0 Å². The quantitative estimate of drug-likeness (QED) is 0.323. The van der Waals surface area contributed by atoms with Crippen molar-refractivity contribution >= 4 is 34.4 Å². The molecule has 1 aliphatic heterocycles. The number of carbonyl (C=O) groups excluding carboxylic acids is 2. The molecule has 8 heteroatoms. The lowest BCUT2D eigenvalue weighted by Crippen LogP contribution is -2.32. The third-order valence-corrected chi connectivity index (χ3v) is 5.18. The van der Waals surface area contributed by atoms with E-state index in [4.69, 9.17) is 4.74 Å². The van der Waals surface area contributed by atoms with Crippen LogP contribution >= 0.6 is 0 Å². The van der Waals surface area contributed by atoms with E-state index in [2.05, 4.69) is 5.32 Å². The molecule has 1 N–H and O–H groups in total. The molecule has 0 aromatic heterocycles. The van der Waals surface area contributed by atoms with E-state index in [-0.39, 0.29) is 17.0 Å².